The molecule has 1 aliphatic heterocycles. The summed E-state index contributed by atoms with van der Waals surface area (Å²) >= 11 is 1.16. The Morgan fingerprint density at radius 2 is 2.00 bits per heavy atom. The molecule has 3 aromatic rings. The zero-order valence-corrected chi connectivity index (χ0v) is 16.3. The van der Waals surface area contributed by atoms with Crippen molar-refractivity contribution in [1.29, 1.82) is 0 Å². The highest BCUT2D eigenvalue weighted by Gasteiger charge is 2.26. The third kappa shape index (κ3) is 4.30. The van der Waals surface area contributed by atoms with Crippen LogP contribution in [-0.4, -0.2) is 29.1 Å². The summed E-state index contributed by atoms with van der Waals surface area (Å²) in [6.07, 6.45) is 3.91. The number of nitrogens with zero attached hydrogens (tertiary/aromatic N) is 2. The van der Waals surface area contributed by atoms with Crippen LogP contribution in [0.15, 0.2) is 71.9 Å². The number of nitrogens with one attached hydrogen (secondary N) is 1. The Labute approximate surface area is 172 Å². The molecule has 0 saturated heterocycles. The second-order valence-electron chi connectivity index (χ2n) is 6.56. The standard InChI is InChI=1S/C22H18FN3O2S/c23-18-5-1-2-6-20(18)29-14-21(27)25-17-7-8-19-15(12-17)9-11-26(19)22(28)16-4-3-10-24-13-16/h1-8,10,12-13H,9,11,14H2,(H,25,27). The van der Waals surface area contributed by atoms with Crippen LogP contribution in [0.1, 0.15) is 15.9 Å². The molecule has 2 aromatic carbocycles. The largest absolute Gasteiger partial charge is 0.325 e. The molecule has 0 radical (unpaired) electrons. The fourth-order valence-corrected chi connectivity index (χ4v) is 3.98. The average Bonchev–Trinajstić information content (AvgIpc) is 3.16. The van der Waals surface area contributed by atoms with Crippen molar-refractivity contribution in [3.8, 4) is 0 Å². The van der Waals surface area contributed by atoms with Crippen molar-refractivity contribution >= 4 is 35.0 Å². The maximum atomic E-state index is 13.7. The van der Waals surface area contributed by atoms with Crippen molar-refractivity contribution in [2.75, 3.05) is 22.5 Å². The molecule has 2 amide bonds. The first-order valence-corrected chi connectivity index (χ1v) is 10.1. The summed E-state index contributed by atoms with van der Waals surface area (Å²) in [6, 6.07) is 15.4. The Morgan fingerprint density at radius 1 is 1.14 bits per heavy atom. The predicted molar refractivity (Wildman–Crippen MR) is 112 cm³/mol. The number of rotatable bonds is 5. The smallest absolute Gasteiger partial charge is 0.259 e. The zero-order chi connectivity index (χ0) is 20.2. The lowest BCUT2D eigenvalue weighted by Crippen LogP contribution is -2.28. The summed E-state index contributed by atoms with van der Waals surface area (Å²) in [6.45, 7) is 0.587. The Hall–Kier alpha value is -3.19. The monoisotopic (exact) mass is 407 g/mol. The summed E-state index contributed by atoms with van der Waals surface area (Å²) in [7, 11) is 0. The highest BCUT2D eigenvalue weighted by molar-refractivity contribution is 8.00. The topological polar surface area (TPSA) is 62.3 Å². The molecule has 0 aliphatic carbocycles. The second-order valence-corrected chi connectivity index (χ2v) is 7.58. The second kappa shape index (κ2) is 8.45. The molecule has 0 fully saturated rings. The number of halogens is 1. The van der Waals surface area contributed by atoms with Gasteiger partial charge in [-0.2, -0.15) is 0 Å². The van der Waals surface area contributed by atoms with E-state index in [1.807, 2.05) is 12.1 Å². The van der Waals surface area contributed by atoms with Gasteiger partial charge in [0.05, 0.1) is 11.3 Å². The number of fused-ring (bicyclic) bond motifs is 1. The molecule has 0 spiro atoms. The van der Waals surface area contributed by atoms with E-state index < -0.39 is 0 Å². The Kier molecular flexibility index (Phi) is 5.57. The van der Waals surface area contributed by atoms with Crippen LogP contribution in [0.25, 0.3) is 0 Å². The number of hydrogen-bond donors (Lipinski definition) is 1. The number of amides is 2. The van der Waals surface area contributed by atoms with E-state index >= 15 is 0 Å². The zero-order valence-electron chi connectivity index (χ0n) is 15.5. The molecule has 7 heteroatoms. The summed E-state index contributed by atoms with van der Waals surface area (Å²) < 4.78 is 13.7. The van der Waals surface area contributed by atoms with Crippen LogP contribution in [0, 0.1) is 5.82 Å². The maximum Gasteiger partial charge on any atom is 0.259 e. The van der Waals surface area contributed by atoms with Crippen molar-refractivity contribution in [3.05, 3.63) is 83.9 Å². The first-order valence-electron chi connectivity index (χ1n) is 9.14. The molecule has 0 unspecified atom stereocenters. The highest BCUT2D eigenvalue weighted by atomic mass is 32.2. The van der Waals surface area contributed by atoms with Gasteiger partial charge in [0.15, 0.2) is 0 Å². The number of hydrogen-bond acceptors (Lipinski definition) is 4. The van der Waals surface area contributed by atoms with Gasteiger partial charge in [0.1, 0.15) is 5.82 Å². The lowest BCUT2D eigenvalue weighted by Gasteiger charge is -2.17. The number of carbonyl (C=O) groups is 2. The fourth-order valence-electron chi connectivity index (χ4n) is 3.24. The van der Waals surface area contributed by atoms with Gasteiger partial charge >= 0.3 is 0 Å². The van der Waals surface area contributed by atoms with Crippen LogP contribution in [0.5, 0.6) is 0 Å². The summed E-state index contributed by atoms with van der Waals surface area (Å²) in [5.74, 6) is -0.514. The first-order chi connectivity index (χ1) is 14.1. The van der Waals surface area contributed by atoms with E-state index in [2.05, 4.69) is 10.3 Å². The summed E-state index contributed by atoms with van der Waals surface area (Å²) in [5.41, 5.74) is 3.06. The molecule has 2 heterocycles. The number of aromatic nitrogens is 1. The molecule has 5 nitrogen and oxygen atoms in total. The number of anilines is 2. The lowest BCUT2D eigenvalue weighted by molar-refractivity contribution is -0.113. The molecular weight excluding hydrogens is 389 g/mol. The Morgan fingerprint density at radius 3 is 2.79 bits per heavy atom. The molecule has 1 aliphatic rings. The minimum Gasteiger partial charge on any atom is -0.325 e. The fraction of sp³-hybridized carbons (Fsp3) is 0.136. The SMILES string of the molecule is O=C(CSc1ccccc1F)Nc1ccc2c(c1)CCN2C(=O)c1cccnc1. The van der Waals surface area contributed by atoms with Crippen LogP contribution in [0.3, 0.4) is 0 Å². The quantitative estimate of drug-likeness (QED) is 0.646. The summed E-state index contributed by atoms with van der Waals surface area (Å²) in [4.78, 5) is 31.1. The van der Waals surface area contributed by atoms with E-state index in [-0.39, 0.29) is 23.4 Å². The lowest BCUT2D eigenvalue weighted by atomic mass is 10.1. The van der Waals surface area contributed by atoms with Gasteiger partial charge in [-0.3, -0.25) is 14.6 Å². The van der Waals surface area contributed by atoms with E-state index in [0.29, 0.717) is 22.7 Å². The number of benzene rings is 2. The predicted octanol–water partition coefficient (Wildman–Crippen LogP) is 4.15. The number of thioether (sulfide) groups is 1. The van der Waals surface area contributed by atoms with Gasteiger partial charge in [0, 0.05) is 35.2 Å². The summed E-state index contributed by atoms with van der Waals surface area (Å²) in [5, 5.41) is 2.84. The third-order valence-electron chi connectivity index (χ3n) is 4.61. The van der Waals surface area contributed by atoms with Crippen LogP contribution < -0.4 is 10.2 Å². The number of carbonyl (C=O) groups excluding carboxylic acids is 2. The maximum absolute atomic E-state index is 13.7. The molecule has 1 aromatic heterocycles. The molecule has 0 atom stereocenters. The Balaban J connectivity index is 1.41. The van der Waals surface area contributed by atoms with Crippen molar-refractivity contribution in [3.63, 3.8) is 0 Å². The minimum atomic E-state index is -0.332. The van der Waals surface area contributed by atoms with Crippen molar-refractivity contribution in [1.82, 2.24) is 4.98 Å². The van der Waals surface area contributed by atoms with Gasteiger partial charge in [-0.15, -0.1) is 11.8 Å². The number of pyridine rings is 1. The van der Waals surface area contributed by atoms with Crippen molar-refractivity contribution < 1.29 is 14.0 Å². The molecule has 0 saturated carbocycles. The molecule has 1 N–H and O–H groups in total. The van der Waals surface area contributed by atoms with Crippen molar-refractivity contribution in [2.24, 2.45) is 0 Å². The molecule has 4 rings (SSSR count). The van der Waals surface area contributed by atoms with Crippen molar-refractivity contribution in [2.45, 2.75) is 11.3 Å². The van der Waals surface area contributed by atoms with Crippen LogP contribution >= 0.6 is 11.8 Å². The minimum absolute atomic E-state index is 0.0880. The van der Waals surface area contributed by atoms with Crippen LogP contribution in [-0.2, 0) is 11.2 Å². The van der Waals surface area contributed by atoms with E-state index in [1.54, 1.807) is 53.7 Å². The highest BCUT2D eigenvalue weighted by Crippen LogP contribution is 2.31. The molecule has 146 valence electrons. The Bertz CT molecular complexity index is 1060. The van der Waals surface area contributed by atoms with E-state index in [1.165, 1.54) is 6.07 Å². The first kappa shape index (κ1) is 19.1. The van der Waals surface area contributed by atoms with Gasteiger partial charge in [0.25, 0.3) is 5.91 Å². The van der Waals surface area contributed by atoms with Gasteiger partial charge < -0.3 is 10.2 Å². The van der Waals surface area contributed by atoms with Gasteiger partial charge in [-0.25, -0.2) is 4.39 Å². The normalized spacial score (nSPS) is 12.5. The van der Waals surface area contributed by atoms with Crippen LogP contribution in [0.2, 0.25) is 0 Å². The van der Waals surface area contributed by atoms with E-state index in [0.717, 1.165) is 29.4 Å². The van der Waals surface area contributed by atoms with E-state index in [4.69, 9.17) is 0 Å². The molecular formula is C22H18FN3O2S. The van der Waals surface area contributed by atoms with Gasteiger partial charge in [-0.05, 0) is 54.4 Å². The average molecular weight is 407 g/mol. The van der Waals surface area contributed by atoms with Crippen LogP contribution in [0.4, 0.5) is 15.8 Å². The third-order valence-corrected chi connectivity index (χ3v) is 5.66. The molecule has 0 bridgehead atoms. The van der Waals surface area contributed by atoms with Gasteiger partial charge in [0.2, 0.25) is 5.91 Å². The molecule has 29 heavy (non-hydrogen) atoms. The van der Waals surface area contributed by atoms with Gasteiger partial charge in [-0.1, -0.05) is 12.1 Å². The van der Waals surface area contributed by atoms with E-state index in [9.17, 15) is 14.0 Å².